The highest BCUT2D eigenvalue weighted by atomic mass is 35.5. The Labute approximate surface area is 115 Å². The number of ether oxygens (including phenoxy) is 2. The smallest absolute Gasteiger partial charge is 0.146 e. The van der Waals surface area contributed by atoms with Crippen LogP contribution in [-0.2, 0) is 0 Å². The molecular weight excluding hydrogens is 270 g/mol. The van der Waals surface area contributed by atoms with Crippen LogP contribution in [0.25, 0.3) is 0 Å². The lowest BCUT2D eigenvalue weighted by Gasteiger charge is -2.17. The van der Waals surface area contributed by atoms with Crippen molar-refractivity contribution in [3.63, 3.8) is 0 Å². The first-order valence-corrected chi connectivity index (χ1v) is 6.64. The highest BCUT2D eigenvalue weighted by Gasteiger charge is 2.19. The lowest BCUT2D eigenvalue weighted by atomic mass is 10.0. The van der Waals surface area contributed by atoms with Crippen LogP contribution in [0.3, 0.4) is 0 Å². The van der Waals surface area contributed by atoms with E-state index in [-0.39, 0.29) is 6.04 Å². The minimum Gasteiger partial charge on any atom is -0.495 e. The number of benzene rings is 1. The van der Waals surface area contributed by atoms with Crippen LogP contribution in [0.1, 0.15) is 16.5 Å². The van der Waals surface area contributed by atoms with Gasteiger partial charge in [-0.1, -0.05) is 17.7 Å². The summed E-state index contributed by atoms with van der Waals surface area (Å²) in [6.07, 6.45) is 0. The zero-order chi connectivity index (χ0) is 13.1. The second-order valence-corrected chi connectivity index (χ2v) is 5.05. The van der Waals surface area contributed by atoms with Crippen molar-refractivity contribution in [1.29, 1.82) is 0 Å². The molecule has 1 aromatic heterocycles. The van der Waals surface area contributed by atoms with E-state index >= 15 is 0 Å². The van der Waals surface area contributed by atoms with Gasteiger partial charge in [0.05, 0.1) is 20.3 Å². The van der Waals surface area contributed by atoms with Gasteiger partial charge < -0.3 is 15.2 Å². The summed E-state index contributed by atoms with van der Waals surface area (Å²) in [5.41, 5.74) is 7.08. The van der Waals surface area contributed by atoms with Gasteiger partial charge in [-0.15, -0.1) is 11.3 Å². The van der Waals surface area contributed by atoms with Crippen LogP contribution in [-0.4, -0.2) is 14.2 Å². The number of halogens is 1. The molecule has 0 spiro atoms. The fraction of sp³-hybridized carbons (Fsp3) is 0.231. The molecule has 0 saturated heterocycles. The summed E-state index contributed by atoms with van der Waals surface area (Å²) in [7, 11) is 3.14. The van der Waals surface area contributed by atoms with E-state index in [0.29, 0.717) is 16.5 Å². The van der Waals surface area contributed by atoms with Crippen LogP contribution in [0.5, 0.6) is 11.5 Å². The number of thiophene rings is 1. The number of rotatable bonds is 4. The summed E-state index contributed by atoms with van der Waals surface area (Å²) in [5.74, 6) is 1.15. The first-order valence-electron chi connectivity index (χ1n) is 5.38. The Bertz CT molecular complexity index is 528. The minimum absolute atomic E-state index is 0.247. The van der Waals surface area contributed by atoms with Crippen LogP contribution in [0, 0.1) is 0 Å². The van der Waals surface area contributed by atoms with E-state index in [2.05, 4.69) is 0 Å². The summed E-state index contributed by atoms with van der Waals surface area (Å²) in [6, 6.07) is 7.40. The van der Waals surface area contributed by atoms with Crippen molar-refractivity contribution in [1.82, 2.24) is 0 Å². The van der Waals surface area contributed by atoms with Crippen molar-refractivity contribution in [2.75, 3.05) is 14.2 Å². The maximum absolute atomic E-state index is 6.23. The Morgan fingerprint density at radius 1 is 1.22 bits per heavy atom. The van der Waals surface area contributed by atoms with Gasteiger partial charge in [0.25, 0.3) is 0 Å². The van der Waals surface area contributed by atoms with E-state index in [0.717, 1.165) is 10.4 Å². The van der Waals surface area contributed by atoms with Gasteiger partial charge in [0.1, 0.15) is 16.5 Å². The van der Waals surface area contributed by atoms with E-state index in [9.17, 15) is 0 Å². The van der Waals surface area contributed by atoms with Crippen LogP contribution in [0.15, 0.2) is 29.6 Å². The molecule has 0 aliphatic heterocycles. The van der Waals surface area contributed by atoms with E-state index in [1.54, 1.807) is 31.6 Å². The molecule has 96 valence electrons. The topological polar surface area (TPSA) is 44.5 Å². The van der Waals surface area contributed by atoms with Crippen LogP contribution in [0.2, 0.25) is 5.02 Å². The normalized spacial score (nSPS) is 12.2. The van der Waals surface area contributed by atoms with Crippen molar-refractivity contribution in [3.8, 4) is 11.5 Å². The highest BCUT2D eigenvalue weighted by Crippen LogP contribution is 2.40. The Balaban J connectivity index is 2.48. The van der Waals surface area contributed by atoms with Crippen molar-refractivity contribution in [2.45, 2.75) is 6.04 Å². The average molecular weight is 284 g/mol. The van der Waals surface area contributed by atoms with E-state index in [4.69, 9.17) is 26.8 Å². The third-order valence-electron chi connectivity index (χ3n) is 2.70. The van der Waals surface area contributed by atoms with Gasteiger partial charge in [-0.3, -0.25) is 0 Å². The van der Waals surface area contributed by atoms with Crippen LogP contribution < -0.4 is 15.2 Å². The Kier molecular flexibility index (Phi) is 4.11. The summed E-state index contributed by atoms with van der Waals surface area (Å²) >= 11 is 7.82. The third-order valence-corrected chi connectivity index (χ3v) is 4.01. The lowest BCUT2D eigenvalue weighted by Crippen LogP contribution is -2.12. The zero-order valence-electron chi connectivity index (χ0n) is 10.1. The van der Waals surface area contributed by atoms with E-state index in [1.165, 1.54) is 0 Å². The maximum atomic E-state index is 6.23. The van der Waals surface area contributed by atoms with Gasteiger partial charge in [-0.05, 0) is 23.6 Å². The fourth-order valence-electron chi connectivity index (χ4n) is 1.78. The van der Waals surface area contributed by atoms with E-state index in [1.807, 2.05) is 23.6 Å². The summed E-state index contributed by atoms with van der Waals surface area (Å²) in [4.78, 5) is 1.06. The minimum atomic E-state index is -0.247. The third kappa shape index (κ3) is 2.32. The van der Waals surface area contributed by atoms with Gasteiger partial charge in [-0.25, -0.2) is 0 Å². The molecule has 2 aromatic rings. The Morgan fingerprint density at radius 2 is 2.00 bits per heavy atom. The molecule has 2 rings (SSSR count). The fourth-order valence-corrected chi connectivity index (χ4v) is 2.86. The predicted octanol–water partition coefficient (Wildman–Crippen LogP) is 3.47. The Morgan fingerprint density at radius 3 is 2.56 bits per heavy atom. The van der Waals surface area contributed by atoms with Crippen molar-refractivity contribution in [3.05, 3.63) is 45.1 Å². The molecule has 0 saturated carbocycles. The molecule has 0 aliphatic carbocycles. The molecule has 1 heterocycles. The van der Waals surface area contributed by atoms with Gasteiger partial charge >= 0.3 is 0 Å². The molecule has 0 radical (unpaired) electrons. The number of hydrogen-bond acceptors (Lipinski definition) is 4. The molecule has 2 N–H and O–H groups in total. The molecule has 0 bridgehead atoms. The average Bonchev–Trinajstić information content (AvgIpc) is 2.91. The Hall–Kier alpha value is -1.23. The molecule has 1 atom stereocenters. The van der Waals surface area contributed by atoms with Crippen LogP contribution in [0.4, 0.5) is 0 Å². The number of hydrogen-bond donors (Lipinski definition) is 1. The second kappa shape index (κ2) is 5.61. The first-order chi connectivity index (χ1) is 8.69. The zero-order valence-corrected chi connectivity index (χ0v) is 11.7. The first kappa shape index (κ1) is 13.2. The molecule has 1 aromatic carbocycles. The summed E-state index contributed by atoms with van der Waals surface area (Å²) < 4.78 is 10.5. The van der Waals surface area contributed by atoms with Crippen molar-refractivity contribution in [2.24, 2.45) is 5.73 Å². The molecule has 3 nitrogen and oxygen atoms in total. The van der Waals surface area contributed by atoms with E-state index < -0.39 is 0 Å². The van der Waals surface area contributed by atoms with Crippen molar-refractivity contribution < 1.29 is 9.47 Å². The molecular formula is C13H14ClNO2S. The maximum Gasteiger partial charge on any atom is 0.146 e. The lowest BCUT2D eigenvalue weighted by molar-refractivity contribution is 0.390. The quantitative estimate of drug-likeness (QED) is 0.934. The number of nitrogens with two attached hydrogens (primary N) is 1. The number of methoxy groups -OCH3 is 2. The highest BCUT2D eigenvalue weighted by molar-refractivity contribution is 7.10. The second-order valence-electron chi connectivity index (χ2n) is 3.70. The SMILES string of the molecule is COc1ccc(C(N)c2cccs2)c(OC)c1Cl. The van der Waals surface area contributed by atoms with Crippen molar-refractivity contribution >= 4 is 22.9 Å². The monoisotopic (exact) mass is 283 g/mol. The summed E-state index contributed by atoms with van der Waals surface area (Å²) in [6.45, 7) is 0. The molecule has 1 unspecified atom stereocenters. The molecule has 5 heteroatoms. The van der Waals surface area contributed by atoms with Gasteiger partial charge in [0.2, 0.25) is 0 Å². The standard InChI is InChI=1S/C13H14ClNO2S/c1-16-9-6-5-8(13(17-2)11(9)14)12(15)10-4-3-7-18-10/h3-7,12H,15H2,1-2H3. The summed E-state index contributed by atoms with van der Waals surface area (Å²) in [5, 5.41) is 2.44. The molecule has 0 amide bonds. The van der Waals surface area contributed by atoms with Gasteiger partial charge in [0, 0.05) is 10.4 Å². The predicted molar refractivity (Wildman–Crippen MR) is 74.9 cm³/mol. The largest absolute Gasteiger partial charge is 0.495 e. The molecule has 18 heavy (non-hydrogen) atoms. The molecule has 0 fully saturated rings. The van der Waals surface area contributed by atoms with Crippen LogP contribution >= 0.6 is 22.9 Å². The van der Waals surface area contributed by atoms with Gasteiger partial charge in [-0.2, -0.15) is 0 Å². The van der Waals surface area contributed by atoms with Gasteiger partial charge in [0.15, 0.2) is 0 Å². The molecule has 0 aliphatic rings.